The van der Waals surface area contributed by atoms with Crippen molar-refractivity contribution < 1.29 is 13.2 Å². The van der Waals surface area contributed by atoms with E-state index < -0.39 is 10.0 Å². The van der Waals surface area contributed by atoms with Crippen LogP contribution >= 0.6 is 15.9 Å². The molecule has 0 amide bonds. The lowest BCUT2D eigenvalue weighted by molar-refractivity contribution is 0.415. The van der Waals surface area contributed by atoms with Gasteiger partial charge in [0, 0.05) is 10.2 Å². The monoisotopic (exact) mass is 355 g/mol. The lowest BCUT2D eigenvalue weighted by Gasteiger charge is -2.11. The Hall–Kier alpha value is -1.53. The van der Waals surface area contributed by atoms with Crippen molar-refractivity contribution in [1.82, 2.24) is 0 Å². The van der Waals surface area contributed by atoms with Crippen LogP contribution in [0.1, 0.15) is 5.56 Å². The highest BCUT2D eigenvalue weighted by atomic mass is 79.9. The minimum atomic E-state index is -3.61. The normalized spacial score (nSPS) is 11.2. The summed E-state index contributed by atoms with van der Waals surface area (Å²) in [5, 5.41) is 0. The van der Waals surface area contributed by atoms with Gasteiger partial charge < -0.3 is 4.74 Å². The molecule has 2 aromatic rings. The highest BCUT2D eigenvalue weighted by Gasteiger charge is 2.17. The van der Waals surface area contributed by atoms with Gasteiger partial charge in [0.05, 0.1) is 12.0 Å². The van der Waals surface area contributed by atoms with Crippen molar-refractivity contribution in [2.24, 2.45) is 0 Å². The maximum Gasteiger partial charge on any atom is 0.262 e. The third kappa shape index (κ3) is 3.32. The summed E-state index contributed by atoms with van der Waals surface area (Å²) in [5.41, 5.74) is 1.18. The van der Waals surface area contributed by atoms with Crippen LogP contribution in [0.2, 0.25) is 0 Å². The van der Waals surface area contributed by atoms with Crippen molar-refractivity contribution in [2.45, 2.75) is 11.8 Å². The molecule has 20 heavy (non-hydrogen) atoms. The summed E-state index contributed by atoms with van der Waals surface area (Å²) in [7, 11) is -2.05. The van der Waals surface area contributed by atoms with E-state index in [4.69, 9.17) is 4.74 Å². The molecule has 0 aliphatic carbocycles. The quantitative estimate of drug-likeness (QED) is 0.911. The van der Waals surface area contributed by atoms with E-state index >= 15 is 0 Å². The third-order valence-corrected chi connectivity index (χ3v) is 4.80. The average molecular weight is 356 g/mol. The zero-order chi connectivity index (χ0) is 14.8. The van der Waals surface area contributed by atoms with Gasteiger partial charge in [-0.15, -0.1) is 0 Å². The zero-order valence-corrected chi connectivity index (χ0v) is 13.5. The summed E-state index contributed by atoms with van der Waals surface area (Å²) in [6, 6.07) is 11.9. The van der Waals surface area contributed by atoms with Gasteiger partial charge in [0.15, 0.2) is 0 Å². The van der Waals surface area contributed by atoms with E-state index in [2.05, 4.69) is 20.7 Å². The van der Waals surface area contributed by atoms with Crippen molar-refractivity contribution in [3.05, 3.63) is 52.5 Å². The van der Waals surface area contributed by atoms with Crippen molar-refractivity contribution in [3.8, 4) is 5.75 Å². The largest absolute Gasteiger partial charge is 0.497 e. The summed E-state index contributed by atoms with van der Waals surface area (Å²) in [6.07, 6.45) is 0. The summed E-state index contributed by atoms with van der Waals surface area (Å²) in [5.74, 6) is 0.673. The fourth-order valence-electron chi connectivity index (χ4n) is 1.73. The van der Waals surface area contributed by atoms with Crippen LogP contribution in [-0.4, -0.2) is 15.5 Å². The number of rotatable bonds is 4. The van der Waals surface area contributed by atoms with Gasteiger partial charge >= 0.3 is 0 Å². The van der Waals surface area contributed by atoms with Crippen LogP contribution in [0.4, 0.5) is 5.69 Å². The van der Waals surface area contributed by atoms with Crippen LogP contribution in [-0.2, 0) is 10.0 Å². The number of anilines is 1. The first-order valence-electron chi connectivity index (χ1n) is 5.85. The molecule has 0 unspecified atom stereocenters. The highest BCUT2D eigenvalue weighted by molar-refractivity contribution is 9.10. The SMILES string of the molecule is COc1ccc(NS(=O)(=O)c2cc(Br)ccc2C)cc1. The Labute approximate surface area is 127 Å². The number of nitrogens with one attached hydrogen (secondary N) is 1. The van der Waals surface area contributed by atoms with E-state index in [1.807, 2.05) is 6.07 Å². The molecule has 0 heterocycles. The molecule has 2 aromatic carbocycles. The van der Waals surface area contributed by atoms with Crippen LogP contribution < -0.4 is 9.46 Å². The maximum atomic E-state index is 12.4. The first-order valence-corrected chi connectivity index (χ1v) is 8.13. The lowest BCUT2D eigenvalue weighted by Crippen LogP contribution is -2.14. The number of hydrogen-bond donors (Lipinski definition) is 1. The van der Waals surface area contributed by atoms with Gasteiger partial charge in [0.1, 0.15) is 5.75 Å². The molecule has 0 aliphatic heterocycles. The number of ether oxygens (including phenoxy) is 1. The minimum Gasteiger partial charge on any atom is -0.497 e. The molecule has 0 aliphatic rings. The van der Waals surface area contributed by atoms with Gasteiger partial charge in [0.25, 0.3) is 10.0 Å². The van der Waals surface area contributed by atoms with Crippen molar-refractivity contribution >= 4 is 31.6 Å². The second-order valence-corrected chi connectivity index (χ2v) is 6.81. The topological polar surface area (TPSA) is 55.4 Å². The molecule has 0 atom stereocenters. The Balaban J connectivity index is 2.32. The Bertz CT molecular complexity index is 712. The number of methoxy groups -OCH3 is 1. The number of sulfonamides is 1. The van der Waals surface area contributed by atoms with Crippen molar-refractivity contribution in [1.29, 1.82) is 0 Å². The molecule has 0 spiro atoms. The molecule has 106 valence electrons. The van der Waals surface area contributed by atoms with Crippen LogP contribution in [0.25, 0.3) is 0 Å². The van der Waals surface area contributed by atoms with Gasteiger partial charge in [-0.3, -0.25) is 4.72 Å². The Kier molecular flexibility index (Phi) is 4.35. The molecule has 0 saturated heterocycles. The van der Waals surface area contributed by atoms with Crippen molar-refractivity contribution in [3.63, 3.8) is 0 Å². The average Bonchev–Trinajstić information content (AvgIpc) is 2.42. The van der Waals surface area contributed by atoms with Gasteiger partial charge in [0.2, 0.25) is 0 Å². The number of halogens is 1. The molecule has 2 rings (SSSR count). The molecule has 0 aromatic heterocycles. The summed E-state index contributed by atoms with van der Waals surface area (Å²) in [4.78, 5) is 0.252. The summed E-state index contributed by atoms with van der Waals surface area (Å²) < 4.78 is 33.0. The van der Waals surface area contributed by atoms with Crippen LogP contribution in [0.3, 0.4) is 0 Å². The molecule has 0 saturated carbocycles. The Morgan fingerprint density at radius 1 is 1.10 bits per heavy atom. The summed E-state index contributed by atoms with van der Waals surface area (Å²) in [6.45, 7) is 1.76. The predicted octanol–water partition coefficient (Wildman–Crippen LogP) is 3.57. The molecular formula is C14H14BrNO3S. The smallest absolute Gasteiger partial charge is 0.262 e. The predicted molar refractivity (Wildman–Crippen MR) is 82.7 cm³/mol. The van der Waals surface area contributed by atoms with E-state index in [0.29, 0.717) is 17.0 Å². The number of hydrogen-bond acceptors (Lipinski definition) is 3. The first-order chi connectivity index (χ1) is 9.42. The molecular weight excluding hydrogens is 342 g/mol. The van der Waals surface area contributed by atoms with E-state index in [9.17, 15) is 8.42 Å². The van der Waals surface area contributed by atoms with Crippen LogP contribution in [0, 0.1) is 6.92 Å². The second-order valence-electron chi connectivity index (χ2n) is 4.24. The molecule has 0 radical (unpaired) electrons. The standard InChI is InChI=1S/C14H14BrNO3S/c1-10-3-4-11(15)9-14(10)20(17,18)16-12-5-7-13(19-2)8-6-12/h3-9,16H,1-2H3. The zero-order valence-electron chi connectivity index (χ0n) is 11.1. The molecule has 1 N–H and O–H groups in total. The maximum absolute atomic E-state index is 12.4. The van der Waals surface area contributed by atoms with Crippen molar-refractivity contribution in [2.75, 3.05) is 11.8 Å². The molecule has 4 nitrogen and oxygen atoms in total. The van der Waals surface area contributed by atoms with Crippen LogP contribution in [0.5, 0.6) is 5.75 Å². The Morgan fingerprint density at radius 2 is 1.75 bits per heavy atom. The summed E-state index contributed by atoms with van der Waals surface area (Å²) >= 11 is 3.28. The molecule has 0 fully saturated rings. The number of aryl methyl sites for hydroxylation is 1. The van der Waals surface area contributed by atoms with Gasteiger partial charge in [-0.1, -0.05) is 22.0 Å². The van der Waals surface area contributed by atoms with E-state index in [0.717, 1.165) is 4.47 Å². The van der Waals surface area contributed by atoms with E-state index in [1.54, 1.807) is 50.4 Å². The Morgan fingerprint density at radius 3 is 2.35 bits per heavy atom. The third-order valence-electron chi connectivity index (χ3n) is 2.78. The van der Waals surface area contributed by atoms with E-state index in [-0.39, 0.29) is 4.90 Å². The lowest BCUT2D eigenvalue weighted by atomic mass is 10.2. The second kappa shape index (κ2) is 5.85. The number of benzene rings is 2. The van der Waals surface area contributed by atoms with Gasteiger partial charge in [-0.25, -0.2) is 8.42 Å². The van der Waals surface area contributed by atoms with Gasteiger partial charge in [-0.2, -0.15) is 0 Å². The van der Waals surface area contributed by atoms with Crippen LogP contribution in [0.15, 0.2) is 51.8 Å². The molecule has 0 bridgehead atoms. The fraction of sp³-hybridized carbons (Fsp3) is 0.143. The van der Waals surface area contributed by atoms with E-state index in [1.165, 1.54) is 0 Å². The minimum absolute atomic E-state index is 0.252. The fourth-order valence-corrected chi connectivity index (χ4v) is 3.58. The molecule has 6 heteroatoms. The van der Waals surface area contributed by atoms with Gasteiger partial charge in [-0.05, 0) is 48.9 Å². The highest BCUT2D eigenvalue weighted by Crippen LogP contribution is 2.24. The first kappa shape index (κ1) is 14.9.